The molecule has 0 unspecified atom stereocenters. The van der Waals surface area contributed by atoms with Crippen molar-refractivity contribution in [3.8, 4) is 23.9 Å². The van der Waals surface area contributed by atoms with Gasteiger partial charge in [0.2, 0.25) is 0 Å². The molecule has 0 spiro atoms. The molecule has 2 aromatic heterocycles. The topological polar surface area (TPSA) is 110 Å². The first kappa shape index (κ1) is 27.5. The number of rotatable bonds is 5. The quantitative estimate of drug-likeness (QED) is 0.163. The van der Waals surface area contributed by atoms with Crippen LogP contribution in [0.3, 0.4) is 0 Å². The van der Waals surface area contributed by atoms with Crippen LogP contribution in [0.25, 0.3) is 49.5 Å². The van der Waals surface area contributed by atoms with Crippen molar-refractivity contribution in [3.63, 3.8) is 0 Å². The largest absolute Gasteiger partial charge is 0.268 e. The minimum atomic E-state index is -0.509. The standard InChI is InChI=1S/C34H26N4O2S/c1-7-27-24(11-19(6)14-35)28-20(15-36)12-25-29-26(13-21(16-37)32(41-27)30(28)29)34(40)38(33(25)39)31-22(17(2)3)9-8-10-23(31)18(4)5/h7-13,17-18H,1H2,2-6H3/b19-11+. The SMILES string of the molecule is C=Cc1sc2c(C#N)cc3c(=O)n(-c4c(C(C)C)cccc4C(C)C)c(=O)c4cc(C#N)c(c1/C=C(\C)C#N)c2c34. The zero-order valence-corrected chi connectivity index (χ0v) is 24.2. The summed E-state index contributed by atoms with van der Waals surface area (Å²) in [5.74, 6) is 0.0592. The number of hydrogen-bond acceptors (Lipinski definition) is 6. The van der Waals surface area contributed by atoms with E-state index in [9.17, 15) is 25.4 Å². The van der Waals surface area contributed by atoms with E-state index in [-0.39, 0.29) is 33.7 Å². The summed E-state index contributed by atoms with van der Waals surface area (Å²) >= 11 is 1.28. The Bertz CT molecular complexity index is 2150. The summed E-state index contributed by atoms with van der Waals surface area (Å²) in [6.45, 7) is 13.6. The maximum Gasteiger partial charge on any atom is 0.266 e. The molecule has 0 N–H and O–H groups in total. The highest BCUT2D eigenvalue weighted by Gasteiger charge is 2.26. The molecule has 5 aromatic rings. The van der Waals surface area contributed by atoms with E-state index in [0.717, 1.165) is 11.1 Å². The average molecular weight is 555 g/mol. The van der Waals surface area contributed by atoms with Gasteiger partial charge in [-0.3, -0.25) is 9.59 Å². The second kappa shape index (κ2) is 10.2. The molecule has 7 heteroatoms. The van der Waals surface area contributed by atoms with Crippen LogP contribution in [0.15, 0.2) is 52.1 Å². The van der Waals surface area contributed by atoms with E-state index in [1.54, 1.807) is 25.1 Å². The van der Waals surface area contributed by atoms with Gasteiger partial charge in [0.1, 0.15) is 6.07 Å². The monoisotopic (exact) mass is 554 g/mol. The lowest BCUT2D eigenvalue weighted by Gasteiger charge is -2.22. The number of nitriles is 3. The van der Waals surface area contributed by atoms with Crippen LogP contribution in [0.4, 0.5) is 0 Å². The second-order valence-corrected chi connectivity index (χ2v) is 11.7. The van der Waals surface area contributed by atoms with Gasteiger partial charge in [-0.1, -0.05) is 58.5 Å². The highest BCUT2D eigenvalue weighted by atomic mass is 32.1. The summed E-state index contributed by atoms with van der Waals surface area (Å²) < 4.78 is 1.79. The van der Waals surface area contributed by atoms with Gasteiger partial charge in [-0.25, -0.2) is 4.57 Å². The number of allylic oxidation sites excluding steroid dienone is 1. The van der Waals surface area contributed by atoms with E-state index in [4.69, 9.17) is 0 Å². The van der Waals surface area contributed by atoms with Crippen molar-refractivity contribution in [3.05, 3.63) is 95.9 Å². The zero-order chi connectivity index (χ0) is 29.7. The zero-order valence-electron chi connectivity index (χ0n) is 23.4. The summed E-state index contributed by atoms with van der Waals surface area (Å²) in [7, 11) is 0. The lowest BCUT2D eigenvalue weighted by Crippen LogP contribution is -2.34. The van der Waals surface area contributed by atoms with Crippen LogP contribution in [0.2, 0.25) is 0 Å². The van der Waals surface area contributed by atoms with Gasteiger partial charge in [-0.15, -0.1) is 11.3 Å². The van der Waals surface area contributed by atoms with Gasteiger partial charge in [0.15, 0.2) is 0 Å². The Morgan fingerprint density at radius 2 is 1.46 bits per heavy atom. The van der Waals surface area contributed by atoms with E-state index < -0.39 is 11.1 Å². The predicted octanol–water partition coefficient (Wildman–Crippen LogP) is 7.72. The van der Waals surface area contributed by atoms with Crippen molar-refractivity contribution >= 4 is 55.1 Å². The van der Waals surface area contributed by atoms with Crippen LogP contribution < -0.4 is 11.1 Å². The Morgan fingerprint density at radius 3 is 1.95 bits per heavy atom. The maximum absolute atomic E-state index is 14.4. The van der Waals surface area contributed by atoms with Crippen LogP contribution in [0, 0.1) is 34.0 Å². The normalized spacial score (nSPS) is 11.9. The fourth-order valence-corrected chi connectivity index (χ4v) is 6.73. The molecule has 2 heterocycles. The molecule has 0 saturated carbocycles. The van der Waals surface area contributed by atoms with Crippen LogP contribution in [-0.4, -0.2) is 4.57 Å². The molecule has 5 rings (SSSR count). The van der Waals surface area contributed by atoms with Crippen molar-refractivity contribution in [2.24, 2.45) is 0 Å². The third-order valence-corrected chi connectivity index (χ3v) is 8.74. The van der Waals surface area contributed by atoms with Crippen LogP contribution >= 0.6 is 11.3 Å². The molecule has 41 heavy (non-hydrogen) atoms. The third-order valence-electron chi connectivity index (χ3n) is 7.50. The van der Waals surface area contributed by atoms with Crippen molar-refractivity contribution in [1.29, 1.82) is 15.8 Å². The molecule has 0 atom stereocenters. The third kappa shape index (κ3) is 4.04. The molecular formula is C34H26N4O2S. The molecule has 0 aliphatic rings. The summed E-state index contributed by atoms with van der Waals surface area (Å²) in [6.07, 6.45) is 3.30. The van der Waals surface area contributed by atoms with Crippen LogP contribution in [0.5, 0.6) is 0 Å². The first-order valence-corrected chi connectivity index (χ1v) is 14.0. The number of nitrogens with zero attached hydrogens (tertiary/aromatic N) is 4. The first-order chi connectivity index (χ1) is 19.6. The Labute approximate surface area is 241 Å². The summed E-state index contributed by atoms with van der Waals surface area (Å²) in [4.78, 5) is 29.4. The van der Waals surface area contributed by atoms with Crippen molar-refractivity contribution in [2.45, 2.75) is 46.5 Å². The highest BCUT2D eigenvalue weighted by molar-refractivity contribution is 7.20. The molecule has 0 aliphatic heterocycles. The lowest BCUT2D eigenvalue weighted by atomic mass is 9.90. The average Bonchev–Trinajstić information content (AvgIpc) is 2.96. The summed E-state index contributed by atoms with van der Waals surface area (Å²) in [5.41, 5.74) is 2.75. The molecule has 0 radical (unpaired) electrons. The van der Waals surface area contributed by atoms with Gasteiger partial charge in [0.05, 0.1) is 44.4 Å². The second-order valence-electron chi connectivity index (χ2n) is 10.7. The van der Waals surface area contributed by atoms with Crippen molar-refractivity contribution in [1.82, 2.24) is 4.57 Å². The lowest BCUT2D eigenvalue weighted by molar-refractivity contribution is 0.792. The van der Waals surface area contributed by atoms with Crippen molar-refractivity contribution < 1.29 is 0 Å². The molecule has 6 nitrogen and oxygen atoms in total. The fourth-order valence-electron chi connectivity index (χ4n) is 5.64. The van der Waals surface area contributed by atoms with E-state index in [0.29, 0.717) is 42.6 Å². The van der Waals surface area contributed by atoms with E-state index in [1.807, 2.05) is 45.9 Å². The van der Waals surface area contributed by atoms with Gasteiger partial charge in [-0.05, 0) is 48.1 Å². The van der Waals surface area contributed by atoms with Crippen molar-refractivity contribution in [2.75, 3.05) is 0 Å². The van der Waals surface area contributed by atoms with Gasteiger partial charge in [0, 0.05) is 32.2 Å². The Balaban J connectivity index is 2.15. The molecule has 0 aliphatic carbocycles. The summed E-state index contributed by atoms with van der Waals surface area (Å²) in [6, 6.07) is 15.5. The molecule has 0 amide bonds. The predicted molar refractivity (Wildman–Crippen MR) is 167 cm³/mol. The molecule has 0 saturated heterocycles. The molecule has 0 fully saturated rings. The summed E-state index contributed by atoms with van der Waals surface area (Å²) in [5, 5.41) is 31.9. The van der Waals surface area contributed by atoms with Gasteiger partial charge in [-0.2, -0.15) is 15.8 Å². The Hall–Kier alpha value is -5.03. The van der Waals surface area contributed by atoms with E-state index >= 15 is 0 Å². The first-order valence-electron chi connectivity index (χ1n) is 13.2. The van der Waals surface area contributed by atoms with E-state index in [1.165, 1.54) is 22.0 Å². The minimum absolute atomic E-state index is 0.0296. The Kier molecular flexibility index (Phi) is 6.83. The Morgan fingerprint density at radius 1 is 0.902 bits per heavy atom. The number of aromatic nitrogens is 1. The number of benzene rings is 3. The number of pyridine rings is 1. The number of hydrogen-bond donors (Lipinski definition) is 0. The maximum atomic E-state index is 14.4. The molecule has 3 aromatic carbocycles. The fraction of sp³-hybridized carbons (Fsp3) is 0.206. The van der Waals surface area contributed by atoms with Crippen LogP contribution in [-0.2, 0) is 0 Å². The van der Waals surface area contributed by atoms with Crippen LogP contribution in [0.1, 0.15) is 79.1 Å². The van der Waals surface area contributed by atoms with Gasteiger partial charge in [0.25, 0.3) is 11.1 Å². The highest BCUT2D eigenvalue weighted by Crippen LogP contribution is 2.43. The molecule has 0 bridgehead atoms. The molecular weight excluding hydrogens is 528 g/mol. The van der Waals surface area contributed by atoms with Gasteiger partial charge < -0.3 is 0 Å². The smallest absolute Gasteiger partial charge is 0.266 e. The number of para-hydroxylation sites is 1. The molecule has 200 valence electrons. The van der Waals surface area contributed by atoms with E-state index in [2.05, 4.69) is 24.8 Å². The van der Waals surface area contributed by atoms with Gasteiger partial charge >= 0.3 is 0 Å². The minimum Gasteiger partial charge on any atom is -0.268 e.